The van der Waals surface area contributed by atoms with Crippen LogP contribution in [0.25, 0.3) is 0 Å². The molecule has 0 radical (unpaired) electrons. The van der Waals surface area contributed by atoms with E-state index in [1.807, 2.05) is 0 Å². The lowest BCUT2D eigenvalue weighted by atomic mass is 9.79. The first-order valence-electron chi connectivity index (χ1n) is 5.27. The number of nitrogens with two attached hydrogens (primary N) is 2. The Kier molecular flexibility index (Phi) is 4.02. The van der Waals surface area contributed by atoms with Crippen LogP contribution in [-0.2, 0) is 0 Å². The third-order valence-electron chi connectivity index (χ3n) is 3.05. The number of hydrogen-bond acceptors (Lipinski definition) is 2. The molecule has 1 aliphatic carbocycles. The zero-order valence-electron chi connectivity index (χ0n) is 8.13. The van der Waals surface area contributed by atoms with Crippen molar-refractivity contribution in [1.29, 1.82) is 0 Å². The van der Waals surface area contributed by atoms with E-state index in [0.717, 1.165) is 6.42 Å². The Hall–Kier alpha value is -0.0800. The highest BCUT2D eigenvalue weighted by Crippen LogP contribution is 2.26. The van der Waals surface area contributed by atoms with Gasteiger partial charge in [-0.25, -0.2) is 0 Å². The predicted molar refractivity (Wildman–Crippen MR) is 52.8 cm³/mol. The van der Waals surface area contributed by atoms with Gasteiger partial charge in [-0.05, 0) is 25.2 Å². The standard InChI is InChI=1S/C10H22N2/c1-2-5-9(11)8-6-3-4-7-10(8)12/h8-10H,2-7,11-12H2,1H3. The maximum Gasteiger partial charge on any atom is 0.00819 e. The third-order valence-corrected chi connectivity index (χ3v) is 3.05. The van der Waals surface area contributed by atoms with Crippen LogP contribution in [0.4, 0.5) is 0 Å². The Balaban J connectivity index is 2.36. The van der Waals surface area contributed by atoms with Crippen molar-refractivity contribution < 1.29 is 0 Å². The van der Waals surface area contributed by atoms with E-state index >= 15 is 0 Å². The Morgan fingerprint density at radius 3 is 2.58 bits per heavy atom. The Morgan fingerprint density at radius 1 is 1.33 bits per heavy atom. The second-order valence-electron chi connectivity index (χ2n) is 4.06. The molecule has 0 spiro atoms. The van der Waals surface area contributed by atoms with E-state index in [9.17, 15) is 0 Å². The van der Waals surface area contributed by atoms with Crippen LogP contribution in [0.3, 0.4) is 0 Å². The summed E-state index contributed by atoms with van der Waals surface area (Å²) >= 11 is 0. The summed E-state index contributed by atoms with van der Waals surface area (Å²) in [7, 11) is 0. The van der Waals surface area contributed by atoms with Crippen molar-refractivity contribution in [3.63, 3.8) is 0 Å². The molecule has 0 aliphatic heterocycles. The van der Waals surface area contributed by atoms with Gasteiger partial charge < -0.3 is 11.5 Å². The lowest BCUT2D eigenvalue weighted by molar-refractivity contribution is 0.254. The lowest BCUT2D eigenvalue weighted by Gasteiger charge is -2.33. The normalized spacial score (nSPS) is 33.2. The predicted octanol–water partition coefficient (Wildman–Crippen LogP) is 1.63. The maximum absolute atomic E-state index is 6.07. The summed E-state index contributed by atoms with van der Waals surface area (Å²) < 4.78 is 0. The van der Waals surface area contributed by atoms with Gasteiger partial charge in [-0.2, -0.15) is 0 Å². The number of hydrogen-bond donors (Lipinski definition) is 2. The topological polar surface area (TPSA) is 52.0 Å². The fourth-order valence-corrected chi connectivity index (χ4v) is 2.27. The fourth-order valence-electron chi connectivity index (χ4n) is 2.27. The van der Waals surface area contributed by atoms with Crippen molar-refractivity contribution in [1.82, 2.24) is 0 Å². The van der Waals surface area contributed by atoms with Gasteiger partial charge in [0.1, 0.15) is 0 Å². The second-order valence-corrected chi connectivity index (χ2v) is 4.06. The minimum atomic E-state index is 0.352. The van der Waals surface area contributed by atoms with Crippen LogP contribution in [0.1, 0.15) is 45.4 Å². The van der Waals surface area contributed by atoms with Crippen LogP contribution in [0.2, 0.25) is 0 Å². The summed E-state index contributed by atoms with van der Waals surface area (Å²) in [6.07, 6.45) is 7.39. The molecule has 1 aliphatic rings. The Bertz CT molecular complexity index is 125. The average molecular weight is 170 g/mol. The van der Waals surface area contributed by atoms with Gasteiger partial charge in [-0.1, -0.05) is 26.2 Å². The minimum absolute atomic E-state index is 0.352. The Morgan fingerprint density at radius 2 is 2.00 bits per heavy atom. The largest absolute Gasteiger partial charge is 0.327 e. The average Bonchev–Trinajstić information content (AvgIpc) is 2.05. The molecule has 0 aromatic carbocycles. The fraction of sp³-hybridized carbons (Fsp3) is 1.00. The highest BCUT2D eigenvalue weighted by Gasteiger charge is 2.26. The summed E-state index contributed by atoms with van der Waals surface area (Å²) in [6.45, 7) is 2.19. The van der Waals surface area contributed by atoms with Crippen LogP contribution in [-0.4, -0.2) is 12.1 Å². The van der Waals surface area contributed by atoms with Gasteiger partial charge in [0.05, 0.1) is 0 Å². The van der Waals surface area contributed by atoms with Crippen LogP contribution in [0.15, 0.2) is 0 Å². The summed E-state index contributed by atoms with van der Waals surface area (Å²) in [5.41, 5.74) is 12.1. The highest BCUT2D eigenvalue weighted by atomic mass is 14.7. The number of rotatable bonds is 3. The molecule has 1 fully saturated rings. The zero-order chi connectivity index (χ0) is 8.97. The molecule has 0 heterocycles. The van der Waals surface area contributed by atoms with Gasteiger partial charge in [-0.3, -0.25) is 0 Å². The molecule has 2 heteroatoms. The summed E-state index contributed by atoms with van der Waals surface area (Å²) in [4.78, 5) is 0. The molecule has 3 atom stereocenters. The lowest BCUT2D eigenvalue weighted by Crippen LogP contribution is -2.44. The van der Waals surface area contributed by atoms with Gasteiger partial charge >= 0.3 is 0 Å². The summed E-state index contributed by atoms with van der Waals surface area (Å²) in [5, 5.41) is 0. The highest BCUT2D eigenvalue weighted by molar-refractivity contribution is 4.84. The monoisotopic (exact) mass is 170 g/mol. The molecule has 4 N–H and O–H groups in total. The van der Waals surface area contributed by atoms with E-state index in [-0.39, 0.29) is 0 Å². The van der Waals surface area contributed by atoms with Crippen molar-refractivity contribution in [2.75, 3.05) is 0 Å². The van der Waals surface area contributed by atoms with Gasteiger partial charge in [0.15, 0.2) is 0 Å². The molecule has 0 saturated heterocycles. The minimum Gasteiger partial charge on any atom is -0.327 e. The van der Waals surface area contributed by atoms with Crippen molar-refractivity contribution in [2.45, 2.75) is 57.5 Å². The SMILES string of the molecule is CCCC(N)C1CCCCC1N. The van der Waals surface area contributed by atoms with Crippen molar-refractivity contribution in [3.8, 4) is 0 Å². The first-order valence-corrected chi connectivity index (χ1v) is 5.27. The first-order chi connectivity index (χ1) is 5.75. The van der Waals surface area contributed by atoms with E-state index in [2.05, 4.69) is 6.92 Å². The van der Waals surface area contributed by atoms with E-state index in [0.29, 0.717) is 18.0 Å². The van der Waals surface area contributed by atoms with E-state index in [1.165, 1.54) is 32.1 Å². The van der Waals surface area contributed by atoms with Gasteiger partial charge in [-0.15, -0.1) is 0 Å². The molecule has 3 unspecified atom stereocenters. The molecule has 0 aromatic heterocycles. The Labute approximate surface area is 75.7 Å². The molecule has 0 aromatic rings. The van der Waals surface area contributed by atoms with E-state index in [1.54, 1.807) is 0 Å². The molecule has 1 saturated carbocycles. The summed E-state index contributed by atoms with van der Waals surface area (Å²) in [6, 6.07) is 0.727. The van der Waals surface area contributed by atoms with Crippen molar-refractivity contribution in [3.05, 3.63) is 0 Å². The smallest absolute Gasteiger partial charge is 0.00819 e. The van der Waals surface area contributed by atoms with Crippen LogP contribution in [0.5, 0.6) is 0 Å². The first kappa shape index (κ1) is 10.0. The van der Waals surface area contributed by atoms with E-state index < -0.39 is 0 Å². The molecular formula is C10H22N2. The molecule has 12 heavy (non-hydrogen) atoms. The molecule has 2 nitrogen and oxygen atoms in total. The molecule has 0 bridgehead atoms. The van der Waals surface area contributed by atoms with Gasteiger partial charge in [0.25, 0.3) is 0 Å². The van der Waals surface area contributed by atoms with Gasteiger partial charge in [0, 0.05) is 12.1 Å². The van der Waals surface area contributed by atoms with Crippen LogP contribution in [0, 0.1) is 5.92 Å². The summed E-state index contributed by atoms with van der Waals surface area (Å²) in [5.74, 6) is 0.596. The van der Waals surface area contributed by atoms with Gasteiger partial charge in [0.2, 0.25) is 0 Å². The quantitative estimate of drug-likeness (QED) is 0.676. The second kappa shape index (κ2) is 4.83. The van der Waals surface area contributed by atoms with Crippen LogP contribution >= 0.6 is 0 Å². The molecular weight excluding hydrogens is 148 g/mol. The van der Waals surface area contributed by atoms with Crippen LogP contribution < -0.4 is 11.5 Å². The molecule has 72 valence electrons. The maximum atomic E-state index is 6.07. The van der Waals surface area contributed by atoms with Crippen molar-refractivity contribution >= 4 is 0 Å². The van der Waals surface area contributed by atoms with Crippen molar-refractivity contribution in [2.24, 2.45) is 17.4 Å². The zero-order valence-corrected chi connectivity index (χ0v) is 8.13. The molecule has 1 rings (SSSR count). The molecule has 0 amide bonds. The third kappa shape index (κ3) is 2.46. The van der Waals surface area contributed by atoms with E-state index in [4.69, 9.17) is 11.5 Å².